The van der Waals surface area contributed by atoms with Gasteiger partial charge in [0.25, 0.3) is 5.91 Å². The number of nitrogens with zero attached hydrogens (tertiary/aromatic N) is 1. The van der Waals surface area contributed by atoms with Crippen LogP contribution < -0.4 is 10.9 Å². The van der Waals surface area contributed by atoms with Gasteiger partial charge in [0.15, 0.2) is 0 Å². The summed E-state index contributed by atoms with van der Waals surface area (Å²) in [6.45, 7) is 5.97. The van der Waals surface area contributed by atoms with Crippen molar-refractivity contribution in [2.24, 2.45) is 0 Å². The summed E-state index contributed by atoms with van der Waals surface area (Å²) in [5.74, 6) is -0.227. The number of hydrogen-bond donors (Lipinski definition) is 2. The standard InChI is InChI=1S/C14H23N3O2/c1-11(2)17(3)10-5-4-9-15-14(19)12-7-6-8-13(18)16-12/h6-8,11H,4-5,9-10H2,1-3H3,(H,15,19)(H,16,18). The second-order valence-electron chi connectivity index (χ2n) is 4.97. The highest BCUT2D eigenvalue weighted by Crippen LogP contribution is 1.97. The number of aromatic amines is 1. The fourth-order valence-electron chi connectivity index (χ4n) is 1.62. The minimum Gasteiger partial charge on any atom is -0.351 e. The second kappa shape index (κ2) is 7.74. The Kier molecular flexibility index (Phi) is 6.29. The molecule has 0 unspecified atom stereocenters. The van der Waals surface area contributed by atoms with Crippen LogP contribution in [0.1, 0.15) is 37.2 Å². The Hall–Kier alpha value is -1.62. The number of H-pyrrole nitrogens is 1. The largest absolute Gasteiger partial charge is 0.351 e. The van der Waals surface area contributed by atoms with Crippen molar-refractivity contribution in [3.8, 4) is 0 Å². The van der Waals surface area contributed by atoms with Crippen LogP contribution in [-0.2, 0) is 0 Å². The summed E-state index contributed by atoms with van der Waals surface area (Å²) in [5.41, 5.74) is 0.0537. The molecule has 1 amide bonds. The molecule has 1 rings (SSSR count). The van der Waals surface area contributed by atoms with Crippen molar-refractivity contribution in [1.29, 1.82) is 0 Å². The van der Waals surface area contributed by atoms with Gasteiger partial charge in [-0.25, -0.2) is 0 Å². The van der Waals surface area contributed by atoms with E-state index < -0.39 is 0 Å². The molecule has 1 aromatic rings. The van der Waals surface area contributed by atoms with Crippen LogP contribution in [-0.4, -0.2) is 42.0 Å². The summed E-state index contributed by atoms with van der Waals surface area (Å²) in [4.78, 5) is 27.6. The van der Waals surface area contributed by atoms with Crippen molar-refractivity contribution in [2.45, 2.75) is 32.7 Å². The van der Waals surface area contributed by atoms with Crippen LogP contribution in [0.2, 0.25) is 0 Å². The Bertz CT molecular complexity index is 454. The van der Waals surface area contributed by atoms with Crippen LogP contribution in [0.3, 0.4) is 0 Å². The van der Waals surface area contributed by atoms with Gasteiger partial charge in [0.2, 0.25) is 5.56 Å². The van der Waals surface area contributed by atoms with Crippen molar-refractivity contribution in [3.63, 3.8) is 0 Å². The van der Waals surface area contributed by atoms with Crippen LogP contribution in [0.15, 0.2) is 23.0 Å². The third kappa shape index (κ3) is 5.70. The molecule has 0 aromatic carbocycles. The average molecular weight is 265 g/mol. The monoisotopic (exact) mass is 265 g/mol. The van der Waals surface area contributed by atoms with Gasteiger partial charge in [0, 0.05) is 18.7 Å². The van der Waals surface area contributed by atoms with Crippen LogP contribution >= 0.6 is 0 Å². The molecule has 0 aliphatic rings. The quantitative estimate of drug-likeness (QED) is 0.729. The molecule has 19 heavy (non-hydrogen) atoms. The lowest BCUT2D eigenvalue weighted by atomic mass is 10.2. The zero-order valence-electron chi connectivity index (χ0n) is 11.9. The van der Waals surface area contributed by atoms with Crippen molar-refractivity contribution in [3.05, 3.63) is 34.2 Å². The van der Waals surface area contributed by atoms with Gasteiger partial charge in [-0.05, 0) is 46.3 Å². The highest BCUT2D eigenvalue weighted by molar-refractivity contribution is 5.92. The van der Waals surface area contributed by atoms with E-state index in [0.717, 1.165) is 19.4 Å². The number of carbonyl (C=O) groups excluding carboxylic acids is 1. The zero-order chi connectivity index (χ0) is 14.3. The van der Waals surface area contributed by atoms with E-state index in [2.05, 4.69) is 36.1 Å². The number of hydrogen-bond acceptors (Lipinski definition) is 3. The van der Waals surface area contributed by atoms with Gasteiger partial charge in [-0.15, -0.1) is 0 Å². The van der Waals surface area contributed by atoms with E-state index in [9.17, 15) is 9.59 Å². The summed E-state index contributed by atoms with van der Waals surface area (Å²) in [6.07, 6.45) is 1.97. The van der Waals surface area contributed by atoms with E-state index in [1.165, 1.54) is 6.07 Å². The number of carbonyl (C=O) groups is 1. The lowest BCUT2D eigenvalue weighted by Crippen LogP contribution is -2.29. The zero-order valence-corrected chi connectivity index (χ0v) is 11.9. The van der Waals surface area contributed by atoms with Gasteiger partial charge in [0.1, 0.15) is 5.69 Å². The topological polar surface area (TPSA) is 65.2 Å². The predicted molar refractivity (Wildman–Crippen MR) is 76.4 cm³/mol. The van der Waals surface area contributed by atoms with Gasteiger partial charge < -0.3 is 15.2 Å². The highest BCUT2D eigenvalue weighted by atomic mass is 16.2. The summed E-state index contributed by atoms with van der Waals surface area (Å²) in [6, 6.07) is 5.11. The van der Waals surface area contributed by atoms with Crippen LogP contribution in [0.4, 0.5) is 0 Å². The molecule has 106 valence electrons. The number of nitrogens with one attached hydrogen (secondary N) is 2. The average Bonchev–Trinajstić information content (AvgIpc) is 2.37. The molecule has 0 atom stereocenters. The molecular weight excluding hydrogens is 242 g/mol. The van der Waals surface area contributed by atoms with Crippen molar-refractivity contribution >= 4 is 5.91 Å². The first-order valence-electron chi connectivity index (χ1n) is 6.68. The van der Waals surface area contributed by atoms with Crippen LogP contribution in [0.25, 0.3) is 0 Å². The molecule has 1 heterocycles. The number of aromatic nitrogens is 1. The summed E-state index contributed by atoms with van der Waals surface area (Å²) < 4.78 is 0. The lowest BCUT2D eigenvalue weighted by Gasteiger charge is -2.20. The van der Waals surface area contributed by atoms with Gasteiger partial charge in [-0.1, -0.05) is 6.07 Å². The minimum absolute atomic E-state index is 0.227. The SMILES string of the molecule is CC(C)N(C)CCCCNC(=O)c1cccc(=O)[nH]1. The minimum atomic E-state index is -0.258. The molecule has 0 radical (unpaired) electrons. The molecule has 0 aliphatic carbocycles. The molecule has 0 saturated carbocycles. The molecule has 2 N–H and O–H groups in total. The van der Waals surface area contributed by atoms with Crippen molar-refractivity contribution < 1.29 is 4.79 Å². The van der Waals surface area contributed by atoms with E-state index in [1.807, 2.05) is 0 Å². The van der Waals surface area contributed by atoms with E-state index in [1.54, 1.807) is 12.1 Å². The molecule has 0 saturated heterocycles. The Balaban J connectivity index is 2.23. The molecule has 5 heteroatoms. The molecule has 0 fully saturated rings. The Morgan fingerprint density at radius 3 is 2.74 bits per heavy atom. The van der Waals surface area contributed by atoms with Gasteiger partial charge in [-0.2, -0.15) is 0 Å². The molecule has 0 aliphatic heterocycles. The fourth-order valence-corrected chi connectivity index (χ4v) is 1.62. The molecule has 0 bridgehead atoms. The van der Waals surface area contributed by atoms with Crippen LogP contribution in [0, 0.1) is 0 Å². The highest BCUT2D eigenvalue weighted by Gasteiger charge is 2.05. The first kappa shape index (κ1) is 15.4. The normalized spacial score (nSPS) is 11.0. The smallest absolute Gasteiger partial charge is 0.267 e. The second-order valence-corrected chi connectivity index (χ2v) is 4.97. The maximum Gasteiger partial charge on any atom is 0.267 e. The molecule has 1 aromatic heterocycles. The fraction of sp³-hybridized carbons (Fsp3) is 0.571. The van der Waals surface area contributed by atoms with Crippen molar-refractivity contribution in [2.75, 3.05) is 20.1 Å². The predicted octanol–water partition coefficient (Wildman–Crippen LogP) is 1.23. The molecule has 5 nitrogen and oxygen atoms in total. The maximum absolute atomic E-state index is 11.7. The van der Waals surface area contributed by atoms with Gasteiger partial charge in [-0.3, -0.25) is 9.59 Å². The summed E-state index contributed by atoms with van der Waals surface area (Å²) in [5, 5.41) is 2.80. The van der Waals surface area contributed by atoms with E-state index in [-0.39, 0.29) is 11.5 Å². The maximum atomic E-state index is 11.7. The van der Waals surface area contributed by atoms with E-state index in [4.69, 9.17) is 0 Å². The first-order chi connectivity index (χ1) is 9.00. The Morgan fingerprint density at radius 1 is 1.37 bits per heavy atom. The number of rotatable bonds is 7. The Labute approximate surface area is 114 Å². The lowest BCUT2D eigenvalue weighted by molar-refractivity contribution is 0.0947. The van der Waals surface area contributed by atoms with Gasteiger partial charge in [0.05, 0.1) is 0 Å². The third-order valence-corrected chi connectivity index (χ3v) is 3.12. The van der Waals surface area contributed by atoms with Gasteiger partial charge >= 0.3 is 0 Å². The summed E-state index contributed by atoms with van der Waals surface area (Å²) >= 11 is 0. The molecule has 0 spiro atoms. The van der Waals surface area contributed by atoms with E-state index in [0.29, 0.717) is 18.3 Å². The van der Waals surface area contributed by atoms with Crippen LogP contribution in [0.5, 0.6) is 0 Å². The number of pyridine rings is 1. The number of unbranched alkanes of at least 4 members (excludes halogenated alkanes) is 1. The summed E-state index contributed by atoms with van der Waals surface area (Å²) in [7, 11) is 2.10. The van der Waals surface area contributed by atoms with E-state index >= 15 is 0 Å². The first-order valence-corrected chi connectivity index (χ1v) is 6.68. The Morgan fingerprint density at radius 2 is 2.11 bits per heavy atom. The van der Waals surface area contributed by atoms with Crippen molar-refractivity contribution in [1.82, 2.24) is 15.2 Å². The molecular formula is C14H23N3O2. The number of amides is 1. The third-order valence-electron chi connectivity index (χ3n) is 3.12.